The Balaban J connectivity index is 2.08. The van der Waals surface area contributed by atoms with Crippen molar-refractivity contribution in [3.63, 3.8) is 0 Å². The summed E-state index contributed by atoms with van der Waals surface area (Å²) >= 11 is 5.89. The maximum absolute atomic E-state index is 13.7. The molecular weight excluding hydrogens is 296 g/mol. The molecular formula is C16H14ClF2NO. The van der Waals surface area contributed by atoms with E-state index in [9.17, 15) is 13.6 Å². The van der Waals surface area contributed by atoms with Crippen LogP contribution < -0.4 is 0 Å². The Bertz CT molecular complexity index is 640. The number of likely N-dealkylation sites (N-methyl/N-ethyl adjacent to an activating group) is 1. The molecule has 0 saturated carbocycles. The molecule has 0 aliphatic heterocycles. The molecule has 2 rings (SSSR count). The predicted molar refractivity (Wildman–Crippen MR) is 78.0 cm³/mol. The number of nitrogens with zero attached hydrogens (tertiary/aromatic N) is 1. The lowest BCUT2D eigenvalue weighted by Crippen LogP contribution is -2.28. The molecule has 5 heteroatoms. The number of hydrogen-bond donors (Lipinski definition) is 0. The van der Waals surface area contributed by atoms with Gasteiger partial charge in [0.05, 0.1) is 6.42 Å². The molecule has 2 aromatic rings. The van der Waals surface area contributed by atoms with Crippen LogP contribution in [0.25, 0.3) is 0 Å². The molecule has 0 saturated heterocycles. The van der Waals surface area contributed by atoms with E-state index in [1.165, 1.54) is 29.2 Å². The Morgan fingerprint density at radius 2 is 1.76 bits per heavy atom. The van der Waals surface area contributed by atoms with Gasteiger partial charge >= 0.3 is 0 Å². The van der Waals surface area contributed by atoms with Crippen LogP contribution >= 0.6 is 11.6 Å². The average Bonchev–Trinajstić information content (AvgIpc) is 2.45. The minimum atomic E-state index is -0.518. The highest BCUT2D eigenvalue weighted by atomic mass is 35.5. The minimum Gasteiger partial charge on any atom is -0.341 e. The molecule has 2 aromatic carbocycles. The first-order valence-electron chi connectivity index (χ1n) is 6.39. The van der Waals surface area contributed by atoms with Crippen molar-refractivity contribution in [2.45, 2.75) is 13.0 Å². The van der Waals surface area contributed by atoms with E-state index in [-0.39, 0.29) is 35.3 Å². The smallest absolute Gasteiger partial charge is 0.227 e. The van der Waals surface area contributed by atoms with Gasteiger partial charge < -0.3 is 4.90 Å². The van der Waals surface area contributed by atoms with Crippen LogP contribution in [-0.2, 0) is 17.8 Å². The van der Waals surface area contributed by atoms with Gasteiger partial charge in [-0.05, 0) is 18.2 Å². The molecule has 110 valence electrons. The van der Waals surface area contributed by atoms with E-state index in [0.717, 1.165) is 0 Å². The van der Waals surface area contributed by atoms with Crippen LogP contribution in [0.4, 0.5) is 8.78 Å². The fraction of sp³-hybridized carbons (Fsp3) is 0.188. The zero-order valence-electron chi connectivity index (χ0n) is 11.4. The van der Waals surface area contributed by atoms with Crippen LogP contribution in [0.2, 0.25) is 5.02 Å². The second-order valence-corrected chi connectivity index (χ2v) is 5.13. The minimum absolute atomic E-state index is 0.123. The second-order valence-electron chi connectivity index (χ2n) is 4.72. The lowest BCUT2D eigenvalue weighted by molar-refractivity contribution is -0.129. The number of amides is 1. The van der Waals surface area contributed by atoms with E-state index >= 15 is 0 Å². The number of halogens is 3. The Hall–Kier alpha value is -1.94. The zero-order valence-corrected chi connectivity index (χ0v) is 12.2. The summed E-state index contributed by atoms with van der Waals surface area (Å²) in [5.74, 6) is -1.22. The van der Waals surface area contributed by atoms with Crippen molar-refractivity contribution < 1.29 is 13.6 Å². The SMILES string of the molecule is CN(Cc1ccccc1F)C(=O)Cc1c(F)cccc1Cl. The molecule has 0 atom stereocenters. The maximum Gasteiger partial charge on any atom is 0.227 e. The molecule has 0 spiro atoms. The molecule has 0 aliphatic carbocycles. The summed E-state index contributed by atoms with van der Waals surface area (Å²) in [4.78, 5) is 13.5. The van der Waals surface area contributed by atoms with E-state index in [4.69, 9.17) is 11.6 Å². The van der Waals surface area contributed by atoms with Gasteiger partial charge in [-0.2, -0.15) is 0 Å². The normalized spacial score (nSPS) is 10.5. The molecule has 0 N–H and O–H groups in total. The van der Waals surface area contributed by atoms with E-state index < -0.39 is 5.82 Å². The number of hydrogen-bond acceptors (Lipinski definition) is 1. The van der Waals surface area contributed by atoms with Gasteiger partial charge in [0.25, 0.3) is 0 Å². The average molecular weight is 310 g/mol. The monoisotopic (exact) mass is 309 g/mol. The molecule has 1 amide bonds. The topological polar surface area (TPSA) is 20.3 Å². The van der Waals surface area contributed by atoms with E-state index in [1.54, 1.807) is 25.2 Å². The fourth-order valence-electron chi connectivity index (χ4n) is 1.96. The van der Waals surface area contributed by atoms with Gasteiger partial charge in [0.1, 0.15) is 11.6 Å². The highest BCUT2D eigenvalue weighted by molar-refractivity contribution is 6.31. The Morgan fingerprint density at radius 1 is 1.10 bits per heavy atom. The van der Waals surface area contributed by atoms with Gasteiger partial charge in [-0.25, -0.2) is 8.78 Å². The molecule has 0 heterocycles. The van der Waals surface area contributed by atoms with Crippen molar-refractivity contribution in [2.24, 2.45) is 0 Å². The number of benzene rings is 2. The van der Waals surface area contributed by atoms with Crippen LogP contribution in [0, 0.1) is 11.6 Å². The molecule has 0 fully saturated rings. The number of carbonyl (C=O) groups is 1. The van der Waals surface area contributed by atoms with Gasteiger partial charge in [0.2, 0.25) is 5.91 Å². The third-order valence-corrected chi connectivity index (χ3v) is 3.53. The van der Waals surface area contributed by atoms with Crippen LogP contribution in [0.3, 0.4) is 0 Å². The molecule has 2 nitrogen and oxygen atoms in total. The van der Waals surface area contributed by atoms with E-state index in [1.807, 2.05) is 0 Å². The molecule has 0 unspecified atom stereocenters. The van der Waals surface area contributed by atoms with Crippen LogP contribution in [0.1, 0.15) is 11.1 Å². The Kier molecular flexibility index (Phi) is 4.91. The first kappa shape index (κ1) is 15.4. The third-order valence-electron chi connectivity index (χ3n) is 3.18. The molecule has 0 bridgehead atoms. The first-order valence-corrected chi connectivity index (χ1v) is 6.77. The summed E-state index contributed by atoms with van der Waals surface area (Å²) in [6, 6.07) is 10.5. The van der Waals surface area contributed by atoms with Crippen molar-refractivity contribution in [3.8, 4) is 0 Å². The third kappa shape index (κ3) is 3.79. The van der Waals surface area contributed by atoms with Gasteiger partial charge in [-0.15, -0.1) is 0 Å². The van der Waals surface area contributed by atoms with Gasteiger partial charge in [0, 0.05) is 29.7 Å². The van der Waals surface area contributed by atoms with Gasteiger partial charge in [-0.3, -0.25) is 4.79 Å². The lowest BCUT2D eigenvalue weighted by atomic mass is 10.1. The molecule has 0 radical (unpaired) electrons. The Labute approximate surface area is 127 Å². The van der Waals surface area contributed by atoms with Crippen LogP contribution in [0.15, 0.2) is 42.5 Å². The van der Waals surface area contributed by atoms with Crippen molar-refractivity contribution in [1.82, 2.24) is 4.90 Å². The lowest BCUT2D eigenvalue weighted by Gasteiger charge is -2.18. The zero-order chi connectivity index (χ0) is 15.4. The predicted octanol–water partition coefficient (Wildman–Crippen LogP) is 3.82. The maximum atomic E-state index is 13.7. The molecule has 21 heavy (non-hydrogen) atoms. The molecule has 0 aromatic heterocycles. The quantitative estimate of drug-likeness (QED) is 0.841. The van der Waals surface area contributed by atoms with Crippen molar-refractivity contribution >= 4 is 17.5 Å². The van der Waals surface area contributed by atoms with Crippen molar-refractivity contribution in [2.75, 3.05) is 7.05 Å². The van der Waals surface area contributed by atoms with Crippen molar-refractivity contribution in [3.05, 3.63) is 70.2 Å². The van der Waals surface area contributed by atoms with Crippen LogP contribution in [0.5, 0.6) is 0 Å². The summed E-state index contributed by atoms with van der Waals surface area (Å²) in [7, 11) is 1.55. The van der Waals surface area contributed by atoms with Gasteiger partial charge in [0.15, 0.2) is 0 Å². The largest absolute Gasteiger partial charge is 0.341 e. The number of carbonyl (C=O) groups excluding carboxylic acids is 1. The number of rotatable bonds is 4. The fourth-order valence-corrected chi connectivity index (χ4v) is 2.19. The first-order chi connectivity index (χ1) is 9.99. The van der Waals surface area contributed by atoms with Crippen LogP contribution in [-0.4, -0.2) is 17.9 Å². The summed E-state index contributed by atoms with van der Waals surface area (Å²) in [5.41, 5.74) is 0.567. The standard InChI is InChI=1S/C16H14ClF2NO/c1-20(10-11-5-2-3-7-14(11)18)16(21)9-12-13(17)6-4-8-15(12)19/h2-8H,9-10H2,1H3. The van der Waals surface area contributed by atoms with Gasteiger partial charge in [-0.1, -0.05) is 35.9 Å². The highest BCUT2D eigenvalue weighted by Gasteiger charge is 2.16. The summed E-state index contributed by atoms with van der Waals surface area (Å²) in [5, 5.41) is 0.211. The second kappa shape index (κ2) is 6.68. The summed E-state index contributed by atoms with van der Waals surface area (Å²) in [6.07, 6.45) is -0.156. The van der Waals surface area contributed by atoms with Crippen molar-refractivity contribution in [1.29, 1.82) is 0 Å². The van der Waals surface area contributed by atoms with E-state index in [0.29, 0.717) is 5.56 Å². The summed E-state index contributed by atoms with van der Waals surface area (Å²) < 4.78 is 27.2. The highest BCUT2D eigenvalue weighted by Crippen LogP contribution is 2.20. The summed E-state index contributed by atoms with van der Waals surface area (Å²) in [6.45, 7) is 0.123. The van der Waals surface area contributed by atoms with E-state index in [2.05, 4.69) is 0 Å². The Morgan fingerprint density at radius 3 is 2.43 bits per heavy atom. The molecule has 0 aliphatic rings.